The van der Waals surface area contributed by atoms with Crippen LogP contribution in [0.1, 0.15) is 34.3 Å². The molecular weight excluding hydrogens is 420 g/mol. The maximum atomic E-state index is 12.8. The van der Waals surface area contributed by atoms with Crippen LogP contribution in [-0.2, 0) is 16.4 Å². The standard InChI is InChI=1S/C23H19ClN2O3S/c24-21-10-5-15(13-22(21)30(28,29)26-17-6-7-17)23(27)25-18-8-9-20-16(12-18)11-14-3-1-2-4-19(14)20/h1-5,8-10,12-13,17,26H,6-7,11H2,(H,25,27). The summed E-state index contributed by atoms with van der Waals surface area (Å²) in [5, 5.41) is 2.96. The molecule has 0 radical (unpaired) electrons. The number of anilines is 1. The molecule has 0 aromatic heterocycles. The number of carbonyl (C=O) groups is 1. The van der Waals surface area contributed by atoms with E-state index in [-0.39, 0.29) is 27.4 Å². The van der Waals surface area contributed by atoms with Gasteiger partial charge in [-0.15, -0.1) is 0 Å². The first kappa shape index (κ1) is 19.3. The molecule has 0 spiro atoms. The van der Waals surface area contributed by atoms with Crippen LogP contribution in [-0.4, -0.2) is 20.4 Å². The van der Waals surface area contributed by atoms with Crippen LogP contribution >= 0.6 is 11.6 Å². The molecule has 0 unspecified atom stereocenters. The lowest BCUT2D eigenvalue weighted by molar-refractivity contribution is 0.102. The second-order valence-electron chi connectivity index (χ2n) is 7.70. The highest BCUT2D eigenvalue weighted by Crippen LogP contribution is 2.37. The molecule has 5 nitrogen and oxygen atoms in total. The summed E-state index contributed by atoms with van der Waals surface area (Å²) >= 11 is 6.11. The first-order valence-electron chi connectivity index (χ1n) is 9.75. The molecular formula is C23H19ClN2O3S. The zero-order valence-corrected chi connectivity index (χ0v) is 17.6. The van der Waals surface area contributed by atoms with E-state index in [0.29, 0.717) is 5.69 Å². The third-order valence-electron chi connectivity index (χ3n) is 5.43. The van der Waals surface area contributed by atoms with Gasteiger partial charge in [0.2, 0.25) is 10.0 Å². The summed E-state index contributed by atoms with van der Waals surface area (Å²) in [7, 11) is -3.76. The Morgan fingerprint density at radius 3 is 2.50 bits per heavy atom. The van der Waals surface area contributed by atoms with E-state index < -0.39 is 10.0 Å². The van der Waals surface area contributed by atoms with Gasteiger partial charge in [-0.1, -0.05) is 41.9 Å². The molecule has 2 aliphatic rings. The lowest BCUT2D eigenvalue weighted by atomic mass is 10.1. The summed E-state index contributed by atoms with van der Waals surface area (Å²) in [5.41, 5.74) is 5.73. The predicted octanol–water partition coefficient (Wildman–Crippen LogP) is 4.60. The third-order valence-corrected chi connectivity index (χ3v) is 7.44. The number of nitrogens with one attached hydrogen (secondary N) is 2. The highest BCUT2D eigenvalue weighted by molar-refractivity contribution is 7.89. The molecule has 2 N–H and O–H groups in total. The average Bonchev–Trinajstić information content (AvgIpc) is 3.44. The smallest absolute Gasteiger partial charge is 0.255 e. The molecule has 7 heteroatoms. The summed E-state index contributed by atoms with van der Waals surface area (Å²) in [6, 6.07) is 18.3. The van der Waals surface area contributed by atoms with Crippen molar-refractivity contribution in [3.8, 4) is 11.1 Å². The van der Waals surface area contributed by atoms with Crippen LogP contribution < -0.4 is 10.0 Å². The summed E-state index contributed by atoms with van der Waals surface area (Å²) in [6.45, 7) is 0. The number of benzene rings is 3. The molecule has 0 saturated heterocycles. The fraction of sp³-hybridized carbons (Fsp3) is 0.174. The molecule has 1 fully saturated rings. The van der Waals surface area contributed by atoms with Crippen LogP contribution in [0.4, 0.5) is 5.69 Å². The van der Waals surface area contributed by atoms with Crippen molar-refractivity contribution in [2.24, 2.45) is 0 Å². The fourth-order valence-corrected chi connectivity index (χ4v) is 5.59. The SMILES string of the molecule is O=C(Nc1ccc2c(c1)Cc1ccccc1-2)c1ccc(Cl)c(S(=O)(=O)NC2CC2)c1. The van der Waals surface area contributed by atoms with Crippen LogP contribution in [0, 0.1) is 0 Å². The number of carbonyl (C=O) groups excluding carboxylic acids is 1. The molecule has 0 aliphatic heterocycles. The molecule has 0 bridgehead atoms. The van der Waals surface area contributed by atoms with Crippen molar-refractivity contribution in [2.45, 2.75) is 30.2 Å². The van der Waals surface area contributed by atoms with Crippen molar-refractivity contribution in [2.75, 3.05) is 5.32 Å². The quantitative estimate of drug-likeness (QED) is 0.478. The number of halogens is 1. The van der Waals surface area contributed by atoms with Gasteiger partial charge in [-0.2, -0.15) is 0 Å². The minimum absolute atomic E-state index is 0.0425. The second kappa shape index (κ2) is 7.23. The van der Waals surface area contributed by atoms with Crippen molar-refractivity contribution in [3.63, 3.8) is 0 Å². The normalized spacial score (nSPS) is 14.8. The molecule has 30 heavy (non-hydrogen) atoms. The van der Waals surface area contributed by atoms with E-state index in [1.807, 2.05) is 30.3 Å². The van der Waals surface area contributed by atoms with Crippen LogP contribution in [0.3, 0.4) is 0 Å². The van der Waals surface area contributed by atoms with Gasteiger partial charge in [-0.25, -0.2) is 13.1 Å². The zero-order valence-electron chi connectivity index (χ0n) is 16.0. The Morgan fingerprint density at radius 2 is 1.70 bits per heavy atom. The van der Waals surface area contributed by atoms with Gasteiger partial charge >= 0.3 is 0 Å². The van der Waals surface area contributed by atoms with Gasteiger partial charge in [0, 0.05) is 17.3 Å². The van der Waals surface area contributed by atoms with Gasteiger partial charge in [0.1, 0.15) is 4.90 Å². The predicted molar refractivity (Wildman–Crippen MR) is 117 cm³/mol. The summed E-state index contributed by atoms with van der Waals surface area (Å²) in [5.74, 6) is -0.384. The van der Waals surface area contributed by atoms with E-state index in [0.717, 1.165) is 24.8 Å². The fourth-order valence-electron chi connectivity index (χ4n) is 3.76. The maximum Gasteiger partial charge on any atom is 0.255 e. The minimum Gasteiger partial charge on any atom is -0.322 e. The monoisotopic (exact) mass is 438 g/mol. The van der Waals surface area contributed by atoms with E-state index in [2.05, 4.69) is 22.2 Å². The topological polar surface area (TPSA) is 75.3 Å². The molecule has 0 heterocycles. The van der Waals surface area contributed by atoms with Gasteiger partial charge in [0.05, 0.1) is 5.02 Å². The first-order chi connectivity index (χ1) is 14.4. The van der Waals surface area contributed by atoms with Crippen molar-refractivity contribution in [1.29, 1.82) is 0 Å². The van der Waals surface area contributed by atoms with E-state index in [1.165, 1.54) is 34.9 Å². The molecule has 2 aliphatic carbocycles. The molecule has 1 saturated carbocycles. The number of fused-ring (bicyclic) bond motifs is 3. The average molecular weight is 439 g/mol. The molecule has 1 amide bonds. The van der Waals surface area contributed by atoms with E-state index in [1.54, 1.807) is 0 Å². The Labute approximate surface area is 180 Å². The second-order valence-corrected chi connectivity index (χ2v) is 9.79. The first-order valence-corrected chi connectivity index (χ1v) is 11.6. The number of sulfonamides is 1. The Balaban J connectivity index is 1.39. The Kier molecular flexibility index (Phi) is 4.65. The largest absolute Gasteiger partial charge is 0.322 e. The third kappa shape index (κ3) is 3.62. The van der Waals surface area contributed by atoms with Gasteiger partial charge in [-0.05, 0) is 71.8 Å². The van der Waals surface area contributed by atoms with Crippen molar-refractivity contribution in [1.82, 2.24) is 4.72 Å². The van der Waals surface area contributed by atoms with Crippen LogP contribution in [0.25, 0.3) is 11.1 Å². The van der Waals surface area contributed by atoms with Gasteiger partial charge in [0.25, 0.3) is 5.91 Å². The van der Waals surface area contributed by atoms with Gasteiger partial charge < -0.3 is 5.32 Å². The molecule has 0 atom stereocenters. The van der Waals surface area contributed by atoms with Crippen molar-refractivity contribution >= 4 is 33.2 Å². The minimum atomic E-state index is -3.76. The molecule has 3 aromatic rings. The van der Waals surface area contributed by atoms with Crippen LogP contribution in [0.2, 0.25) is 5.02 Å². The Hall–Kier alpha value is -2.67. The van der Waals surface area contributed by atoms with Gasteiger partial charge in [-0.3, -0.25) is 4.79 Å². The highest BCUT2D eigenvalue weighted by atomic mass is 35.5. The zero-order chi connectivity index (χ0) is 20.9. The van der Waals surface area contributed by atoms with E-state index in [9.17, 15) is 13.2 Å². The van der Waals surface area contributed by atoms with Crippen molar-refractivity contribution < 1.29 is 13.2 Å². The summed E-state index contributed by atoms with van der Waals surface area (Å²) in [6.07, 6.45) is 2.46. The van der Waals surface area contributed by atoms with E-state index >= 15 is 0 Å². The molecule has 3 aromatic carbocycles. The highest BCUT2D eigenvalue weighted by Gasteiger charge is 2.29. The van der Waals surface area contributed by atoms with Crippen LogP contribution in [0.5, 0.6) is 0 Å². The molecule has 152 valence electrons. The Bertz CT molecular complexity index is 1280. The van der Waals surface area contributed by atoms with Crippen LogP contribution in [0.15, 0.2) is 65.6 Å². The lowest BCUT2D eigenvalue weighted by Crippen LogP contribution is -2.26. The number of rotatable bonds is 5. The summed E-state index contributed by atoms with van der Waals surface area (Å²) < 4.78 is 27.7. The lowest BCUT2D eigenvalue weighted by Gasteiger charge is -2.11. The number of hydrogen-bond donors (Lipinski definition) is 2. The van der Waals surface area contributed by atoms with E-state index in [4.69, 9.17) is 11.6 Å². The van der Waals surface area contributed by atoms with Crippen molar-refractivity contribution in [3.05, 3.63) is 82.4 Å². The molecule has 5 rings (SSSR count). The summed E-state index contributed by atoms with van der Waals surface area (Å²) in [4.78, 5) is 12.7. The Morgan fingerprint density at radius 1 is 0.933 bits per heavy atom. The maximum absolute atomic E-state index is 12.8. The number of hydrogen-bond acceptors (Lipinski definition) is 3. The van der Waals surface area contributed by atoms with Gasteiger partial charge in [0.15, 0.2) is 0 Å². The number of amides is 1.